The highest BCUT2D eigenvalue weighted by atomic mass is 32.2. The molecular formula is C12H20N2O3S. The number of hydrogen-bond donors (Lipinski definition) is 0. The van der Waals surface area contributed by atoms with Gasteiger partial charge in [0, 0.05) is 48.4 Å². The van der Waals surface area contributed by atoms with Gasteiger partial charge in [0.05, 0.1) is 0 Å². The van der Waals surface area contributed by atoms with Gasteiger partial charge in [-0.15, -0.1) is 0 Å². The summed E-state index contributed by atoms with van der Waals surface area (Å²) < 4.78 is 11.4. The zero-order valence-electron chi connectivity index (χ0n) is 10.9. The van der Waals surface area contributed by atoms with E-state index >= 15 is 0 Å². The largest absolute Gasteiger partial charge is 0.339 e. The van der Waals surface area contributed by atoms with E-state index in [1.165, 1.54) is 0 Å². The van der Waals surface area contributed by atoms with Gasteiger partial charge in [-0.1, -0.05) is 0 Å². The SMILES string of the molecule is CC(CN1CCC(=O)N2CCCC2C1=O)S(C)=O. The summed E-state index contributed by atoms with van der Waals surface area (Å²) in [5.41, 5.74) is 0. The zero-order valence-corrected chi connectivity index (χ0v) is 11.7. The third kappa shape index (κ3) is 2.58. The first kappa shape index (κ1) is 13.5. The highest BCUT2D eigenvalue weighted by Crippen LogP contribution is 2.23. The highest BCUT2D eigenvalue weighted by molar-refractivity contribution is 7.84. The molecule has 18 heavy (non-hydrogen) atoms. The van der Waals surface area contributed by atoms with Gasteiger partial charge in [0.1, 0.15) is 6.04 Å². The molecule has 2 aliphatic heterocycles. The summed E-state index contributed by atoms with van der Waals surface area (Å²) in [7, 11) is -0.940. The molecule has 2 rings (SSSR count). The van der Waals surface area contributed by atoms with Gasteiger partial charge in [0.15, 0.2) is 0 Å². The first-order valence-electron chi connectivity index (χ1n) is 6.41. The number of nitrogens with zero attached hydrogens (tertiary/aromatic N) is 2. The van der Waals surface area contributed by atoms with Crippen molar-refractivity contribution in [3.8, 4) is 0 Å². The molecule has 2 amide bonds. The molecule has 0 aliphatic carbocycles. The van der Waals surface area contributed by atoms with Crippen LogP contribution >= 0.6 is 0 Å². The molecule has 5 nitrogen and oxygen atoms in total. The van der Waals surface area contributed by atoms with E-state index in [0.717, 1.165) is 12.8 Å². The van der Waals surface area contributed by atoms with E-state index in [2.05, 4.69) is 0 Å². The van der Waals surface area contributed by atoms with Crippen molar-refractivity contribution in [3.05, 3.63) is 0 Å². The lowest BCUT2D eigenvalue weighted by atomic mass is 10.2. The van der Waals surface area contributed by atoms with E-state index in [-0.39, 0.29) is 23.1 Å². The Bertz CT molecular complexity index is 386. The molecule has 0 saturated carbocycles. The topological polar surface area (TPSA) is 57.7 Å². The molecule has 2 heterocycles. The molecule has 6 heteroatoms. The summed E-state index contributed by atoms with van der Waals surface area (Å²) in [6.07, 6.45) is 3.72. The predicted molar refractivity (Wildman–Crippen MR) is 69.5 cm³/mol. The number of fused-ring (bicyclic) bond motifs is 1. The molecule has 0 radical (unpaired) electrons. The lowest BCUT2D eigenvalue weighted by Gasteiger charge is -2.26. The van der Waals surface area contributed by atoms with Gasteiger partial charge in [-0.05, 0) is 19.8 Å². The second kappa shape index (κ2) is 5.38. The summed E-state index contributed by atoms with van der Waals surface area (Å²) in [4.78, 5) is 27.7. The molecule has 0 bridgehead atoms. The first-order valence-corrected chi connectivity index (χ1v) is 8.03. The molecule has 2 saturated heterocycles. The van der Waals surface area contributed by atoms with Crippen molar-refractivity contribution in [2.75, 3.05) is 25.9 Å². The Morgan fingerprint density at radius 2 is 2.11 bits per heavy atom. The van der Waals surface area contributed by atoms with E-state index in [1.54, 1.807) is 16.1 Å². The Kier molecular flexibility index (Phi) is 4.04. The van der Waals surface area contributed by atoms with Crippen molar-refractivity contribution in [3.63, 3.8) is 0 Å². The minimum Gasteiger partial charge on any atom is -0.339 e. The monoisotopic (exact) mass is 272 g/mol. The molecule has 3 unspecified atom stereocenters. The second-order valence-corrected chi connectivity index (χ2v) is 6.89. The number of carbonyl (C=O) groups is 2. The van der Waals surface area contributed by atoms with Crippen molar-refractivity contribution < 1.29 is 13.8 Å². The average molecular weight is 272 g/mol. The fourth-order valence-corrected chi connectivity index (χ4v) is 3.00. The van der Waals surface area contributed by atoms with E-state index in [0.29, 0.717) is 26.1 Å². The molecule has 0 aromatic carbocycles. The second-order valence-electron chi connectivity index (χ2n) is 5.09. The van der Waals surface area contributed by atoms with Crippen LogP contribution in [0.25, 0.3) is 0 Å². The summed E-state index contributed by atoms with van der Waals surface area (Å²) in [6, 6.07) is -0.266. The van der Waals surface area contributed by atoms with Crippen LogP contribution in [0, 0.1) is 0 Å². The van der Waals surface area contributed by atoms with Gasteiger partial charge < -0.3 is 9.80 Å². The average Bonchev–Trinajstić information content (AvgIpc) is 2.78. The van der Waals surface area contributed by atoms with E-state index in [9.17, 15) is 13.8 Å². The van der Waals surface area contributed by atoms with Crippen LogP contribution in [0.15, 0.2) is 0 Å². The van der Waals surface area contributed by atoms with Crippen LogP contribution in [-0.2, 0) is 20.4 Å². The van der Waals surface area contributed by atoms with Crippen LogP contribution in [0.4, 0.5) is 0 Å². The van der Waals surface area contributed by atoms with Gasteiger partial charge in [0.25, 0.3) is 0 Å². The van der Waals surface area contributed by atoms with Crippen molar-refractivity contribution in [1.29, 1.82) is 0 Å². The van der Waals surface area contributed by atoms with Gasteiger partial charge >= 0.3 is 0 Å². The van der Waals surface area contributed by atoms with Gasteiger partial charge in [-0.25, -0.2) is 0 Å². The molecule has 2 aliphatic rings. The Labute approximate surface area is 110 Å². The van der Waals surface area contributed by atoms with Crippen LogP contribution in [-0.4, -0.2) is 63.0 Å². The minimum absolute atomic E-state index is 0.0376. The molecular weight excluding hydrogens is 252 g/mol. The van der Waals surface area contributed by atoms with Crippen LogP contribution < -0.4 is 0 Å². The first-order chi connectivity index (χ1) is 8.50. The maximum atomic E-state index is 12.4. The molecule has 3 atom stereocenters. The van der Waals surface area contributed by atoms with Gasteiger partial charge in [0.2, 0.25) is 11.8 Å². The third-order valence-corrected chi connectivity index (χ3v) is 5.09. The maximum Gasteiger partial charge on any atom is 0.245 e. The van der Waals surface area contributed by atoms with Gasteiger partial charge in [-0.2, -0.15) is 0 Å². The van der Waals surface area contributed by atoms with Crippen LogP contribution in [0.5, 0.6) is 0 Å². The molecule has 0 aromatic heterocycles. The predicted octanol–water partition coefficient (Wildman–Crippen LogP) is -0.0233. The Balaban J connectivity index is 2.10. The fourth-order valence-electron chi connectivity index (χ4n) is 2.61. The normalized spacial score (nSPS) is 28.0. The molecule has 0 aromatic rings. The molecule has 0 spiro atoms. The highest BCUT2D eigenvalue weighted by Gasteiger charge is 2.39. The van der Waals surface area contributed by atoms with Crippen LogP contribution in [0.2, 0.25) is 0 Å². The summed E-state index contributed by atoms with van der Waals surface area (Å²) in [5.74, 6) is 0.120. The fraction of sp³-hybridized carbons (Fsp3) is 0.833. The van der Waals surface area contributed by atoms with Crippen LogP contribution in [0.1, 0.15) is 26.2 Å². The van der Waals surface area contributed by atoms with Crippen molar-refractivity contribution in [2.24, 2.45) is 0 Å². The molecule has 0 N–H and O–H groups in total. The minimum atomic E-state index is -0.940. The number of hydrogen-bond acceptors (Lipinski definition) is 3. The van der Waals surface area contributed by atoms with Crippen molar-refractivity contribution >= 4 is 22.6 Å². The van der Waals surface area contributed by atoms with E-state index in [1.807, 2.05) is 6.92 Å². The summed E-state index contributed by atoms with van der Waals surface area (Å²) in [5, 5.41) is -0.0444. The number of rotatable bonds is 3. The smallest absolute Gasteiger partial charge is 0.245 e. The molecule has 2 fully saturated rings. The number of carbonyl (C=O) groups excluding carboxylic acids is 2. The summed E-state index contributed by atoms with van der Waals surface area (Å²) >= 11 is 0. The van der Waals surface area contributed by atoms with Crippen molar-refractivity contribution in [1.82, 2.24) is 9.80 Å². The zero-order chi connectivity index (χ0) is 13.3. The standard InChI is InChI=1S/C12H20N2O3S/c1-9(18(2)17)8-13-7-5-11(15)14-6-3-4-10(14)12(13)16/h9-10H,3-8H2,1-2H3. The Morgan fingerprint density at radius 3 is 2.78 bits per heavy atom. The van der Waals surface area contributed by atoms with Crippen molar-refractivity contribution in [2.45, 2.75) is 37.5 Å². The summed E-state index contributed by atoms with van der Waals surface area (Å²) in [6.45, 7) is 3.53. The Morgan fingerprint density at radius 1 is 1.39 bits per heavy atom. The number of amides is 2. The van der Waals surface area contributed by atoms with E-state index < -0.39 is 10.8 Å². The Hall–Kier alpha value is -0.910. The van der Waals surface area contributed by atoms with Gasteiger partial charge in [-0.3, -0.25) is 13.8 Å². The maximum absolute atomic E-state index is 12.4. The quantitative estimate of drug-likeness (QED) is 0.725. The lowest BCUT2D eigenvalue weighted by molar-refractivity contribution is -0.139. The lowest BCUT2D eigenvalue weighted by Crippen LogP contribution is -2.45. The van der Waals surface area contributed by atoms with E-state index in [4.69, 9.17) is 0 Å². The molecule has 102 valence electrons. The van der Waals surface area contributed by atoms with Crippen LogP contribution in [0.3, 0.4) is 0 Å². The third-order valence-electron chi connectivity index (χ3n) is 3.81.